The molecular weight excluding hydrogens is 274 g/mol. The van der Waals surface area contributed by atoms with Crippen molar-refractivity contribution >= 4 is 15.7 Å². The van der Waals surface area contributed by atoms with Crippen LogP contribution in [0.2, 0.25) is 0 Å². The molecule has 0 saturated carbocycles. The SMILES string of the molecule is CNCc1ccc(C)c(S(=O)(=O)Nc2cccnc2)c1. The van der Waals surface area contributed by atoms with Gasteiger partial charge in [-0.2, -0.15) is 0 Å². The Labute approximate surface area is 119 Å². The number of benzene rings is 1. The van der Waals surface area contributed by atoms with Gasteiger partial charge < -0.3 is 5.32 Å². The molecule has 2 N–H and O–H groups in total. The average molecular weight is 291 g/mol. The van der Waals surface area contributed by atoms with Crippen LogP contribution in [-0.2, 0) is 16.6 Å². The summed E-state index contributed by atoms with van der Waals surface area (Å²) >= 11 is 0. The second-order valence-corrected chi connectivity index (χ2v) is 6.13. The minimum Gasteiger partial charge on any atom is -0.316 e. The van der Waals surface area contributed by atoms with Gasteiger partial charge in [0.1, 0.15) is 0 Å². The van der Waals surface area contributed by atoms with Crippen molar-refractivity contribution in [2.24, 2.45) is 0 Å². The third-order valence-corrected chi connectivity index (χ3v) is 4.36. The molecule has 0 aliphatic carbocycles. The molecule has 0 saturated heterocycles. The number of nitrogens with one attached hydrogen (secondary N) is 2. The molecule has 106 valence electrons. The molecule has 0 atom stereocenters. The molecule has 0 aliphatic heterocycles. The summed E-state index contributed by atoms with van der Waals surface area (Å²) in [6.07, 6.45) is 3.07. The molecular formula is C14H17N3O2S. The minimum atomic E-state index is -3.60. The highest BCUT2D eigenvalue weighted by atomic mass is 32.2. The molecule has 0 radical (unpaired) electrons. The predicted molar refractivity (Wildman–Crippen MR) is 79.0 cm³/mol. The molecule has 1 aromatic heterocycles. The maximum absolute atomic E-state index is 12.4. The van der Waals surface area contributed by atoms with Crippen LogP contribution in [0.25, 0.3) is 0 Å². The first kappa shape index (κ1) is 14.5. The zero-order valence-electron chi connectivity index (χ0n) is 11.4. The standard InChI is InChI=1S/C14H17N3O2S/c1-11-5-6-12(9-15-2)8-14(11)20(18,19)17-13-4-3-7-16-10-13/h3-8,10,15,17H,9H2,1-2H3. The summed E-state index contributed by atoms with van der Waals surface area (Å²) in [5, 5.41) is 3.01. The van der Waals surface area contributed by atoms with Crippen molar-refractivity contribution in [1.29, 1.82) is 0 Å². The van der Waals surface area contributed by atoms with Crippen LogP contribution in [-0.4, -0.2) is 20.4 Å². The number of rotatable bonds is 5. The maximum Gasteiger partial charge on any atom is 0.262 e. The van der Waals surface area contributed by atoms with E-state index in [9.17, 15) is 8.42 Å². The molecule has 5 nitrogen and oxygen atoms in total. The Balaban J connectivity index is 2.36. The van der Waals surface area contributed by atoms with Crippen LogP contribution in [0.3, 0.4) is 0 Å². The number of pyridine rings is 1. The number of nitrogens with zero attached hydrogens (tertiary/aromatic N) is 1. The highest BCUT2D eigenvalue weighted by Crippen LogP contribution is 2.20. The predicted octanol–water partition coefficient (Wildman–Crippen LogP) is 1.91. The Hall–Kier alpha value is -1.92. The van der Waals surface area contributed by atoms with Gasteiger partial charge in [-0.15, -0.1) is 0 Å². The minimum absolute atomic E-state index is 0.286. The van der Waals surface area contributed by atoms with Gasteiger partial charge >= 0.3 is 0 Å². The van der Waals surface area contributed by atoms with Crippen LogP contribution in [0.5, 0.6) is 0 Å². The van der Waals surface area contributed by atoms with Crippen molar-refractivity contribution in [3.05, 3.63) is 53.9 Å². The monoisotopic (exact) mass is 291 g/mol. The van der Waals surface area contributed by atoms with Gasteiger partial charge in [0.25, 0.3) is 10.0 Å². The van der Waals surface area contributed by atoms with Crippen molar-refractivity contribution in [3.8, 4) is 0 Å². The fraction of sp³-hybridized carbons (Fsp3) is 0.214. The Morgan fingerprint density at radius 2 is 2.05 bits per heavy atom. The Bertz CT molecular complexity index is 685. The maximum atomic E-state index is 12.4. The summed E-state index contributed by atoms with van der Waals surface area (Å²) in [6, 6.07) is 8.75. The van der Waals surface area contributed by atoms with Gasteiger partial charge in [-0.3, -0.25) is 9.71 Å². The topological polar surface area (TPSA) is 71.1 Å². The molecule has 2 rings (SSSR count). The van der Waals surface area contributed by atoms with Crippen molar-refractivity contribution < 1.29 is 8.42 Å². The van der Waals surface area contributed by atoms with Crippen LogP contribution < -0.4 is 10.0 Å². The van der Waals surface area contributed by atoms with Crippen LogP contribution in [0.4, 0.5) is 5.69 Å². The molecule has 0 spiro atoms. The molecule has 6 heteroatoms. The summed E-state index contributed by atoms with van der Waals surface area (Å²) in [6.45, 7) is 2.40. The van der Waals surface area contributed by atoms with Gasteiger partial charge in [0, 0.05) is 12.7 Å². The number of aromatic nitrogens is 1. The molecule has 1 heterocycles. The summed E-state index contributed by atoms with van der Waals surface area (Å²) in [5.41, 5.74) is 2.08. The van der Waals surface area contributed by atoms with Crippen molar-refractivity contribution in [2.75, 3.05) is 11.8 Å². The lowest BCUT2D eigenvalue weighted by atomic mass is 10.1. The van der Waals surface area contributed by atoms with E-state index in [1.807, 2.05) is 19.2 Å². The molecule has 0 amide bonds. The number of anilines is 1. The van der Waals surface area contributed by atoms with Crippen molar-refractivity contribution in [2.45, 2.75) is 18.4 Å². The molecule has 0 unspecified atom stereocenters. The van der Waals surface area contributed by atoms with Gasteiger partial charge in [-0.1, -0.05) is 12.1 Å². The molecule has 2 aromatic rings. The van der Waals surface area contributed by atoms with Crippen LogP contribution >= 0.6 is 0 Å². The lowest BCUT2D eigenvalue weighted by molar-refractivity contribution is 0.600. The van der Waals surface area contributed by atoms with E-state index in [1.165, 1.54) is 6.20 Å². The molecule has 20 heavy (non-hydrogen) atoms. The van der Waals surface area contributed by atoms with Gasteiger partial charge in [-0.25, -0.2) is 8.42 Å². The van der Waals surface area contributed by atoms with Gasteiger partial charge in [0.05, 0.1) is 16.8 Å². The average Bonchev–Trinajstić information content (AvgIpc) is 2.42. The summed E-state index contributed by atoms with van der Waals surface area (Å²) in [4.78, 5) is 4.18. The third kappa shape index (κ3) is 3.34. The van der Waals surface area contributed by atoms with Gasteiger partial charge in [-0.05, 0) is 43.3 Å². The summed E-state index contributed by atoms with van der Waals surface area (Å²) in [7, 11) is -1.78. The second kappa shape index (κ2) is 6.02. The number of aryl methyl sites for hydroxylation is 1. The molecule has 1 aromatic carbocycles. The number of hydrogen-bond donors (Lipinski definition) is 2. The van der Waals surface area contributed by atoms with Crippen molar-refractivity contribution in [3.63, 3.8) is 0 Å². The first-order chi connectivity index (χ1) is 9.53. The Kier molecular flexibility index (Phi) is 4.36. The summed E-state index contributed by atoms with van der Waals surface area (Å²) in [5.74, 6) is 0. The zero-order chi connectivity index (χ0) is 14.6. The van der Waals surface area contributed by atoms with E-state index < -0.39 is 10.0 Å². The van der Waals surface area contributed by atoms with Crippen LogP contribution in [0.15, 0.2) is 47.6 Å². The smallest absolute Gasteiger partial charge is 0.262 e. The van der Waals surface area contributed by atoms with E-state index in [4.69, 9.17) is 0 Å². The molecule has 0 aliphatic rings. The van der Waals surface area contributed by atoms with E-state index in [0.717, 1.165) is 5.56 Å². The summed E-state index contributed by atoms with van der Waals surface area (Å²) < 4.78 is 27.4. The fourth-order valence-corrected chi connectivity index (χ4v) is 3.22. The lowest BCUT2D eigenvalue weighted by Gasteiger charge is -2.11. The van der Waals surface area contributed by atoms with E-state index in [1.54, 1.807) is 31.3 Å². The molecule has 0 fully saturated rings. The number of sulfonamides is 1. The van der Waals surface area contributed by atoms with Crippen LogP contribution in [0.1, 0.15) is 11.1 Å². The van der Waals surface area contributed by atoms with E-state index in [-0.39, 0.29) is 4.90 Å². The normalized spacial score (nSPS) is 11.3. The first-order valence-corrected chi connectivity index (χ1v) is 7.68. The van der Waals surface area contributed by atoms with Crippen LogP contribution in [0, 0.1) is 6.92 Å². The highest BCUT2D eigenvalue weighted by molar-refractivity contribution is 7.92. The second-order valence-electron chi connectivity index (χ2n) is 4.48. The zero-order valence-corrected chi connectivity index (χ0v) is 12.2. The van der Waals surface area contributed by atoms with E-state index in [0.29, 0.717) is 17.8 Å². The lowest BCUT2D eigenvalue weighted by Crippen LogP contribution is -2.15. The largest absolute Gasteiger partial charge is 0.316 e. The molecule has 0 bridgehead atoms. The van der Waals surface area contributed by atoms with Gasteiger partial charge in [0.2, 0.25) is 0 Å². The Morgan fingerprint density at radius 3 is 2.70 bits per heavy atom. The van der Waals surface area contributed by atoms with Gasteiger partial charge in [0.15, 0.2) is 0 Å². The Morgan fingerprint density at radius 1 is 1.25 bits per heavy atom. The quantitative estimate of drug-likeness (QED) is 0.883. The van der Waals surface area contributed by atoms with E-state index >= 15 is 0 Å². The first-order valence-electron chi connectivity index (χ1n) is 6.20. The number of hydrogen-bond acceptors (Lipinski definition) is 4. The highest BCUT2D eigenvalue weighted by Gasteiger charge is 2.17. The fourth-order valence-electron chi connectivity index (χ4n) is 1.88. The van der Waals surface area contributed by atoms with Crippen molar-refractivity contribution in [1.82, 2.24) is 10.3 Å². The third-order valence-electron chi connectivity index (χ3n) is 2.84. The van der Waals surface area contributed by atoms with E-state index in [2.05, 4.69) is 15.0 Å².